The van der Waals surface area contributed by atoms with Gasteiger partial charge in [0.15, 0.2) is 0 Å². The summed E-state index contributed by atoms with van der Waals surface area (Å²) >= 11 is 6.27. The second-order valence-corrected chi connectivity index (χ2v) is 7.88. The van der Waals surface area contributed by atoms with Gasteiger partial charge < -0.3 is 14.2 Å². The molecular weight excluding hydrogens is 440 g/mol. The Morgan fingerprint density at radius 1 is 1.06 bits per heavy atom. The fraction of sp³-hybridized carbons (Fsp3) is 0.231. The molecule has 0 aliphatic rings. The number of rotatable bonds is 8. The molecule has 33 heavy (non-hydrogen) atoms. The van der Waals surface area contributed by atoms with Gasteiger partial charge in [-0.05, 0) is 62.7 Å². The zero-order valence-corrected chi connectivity index (χ0v) is 19.5. The van der Waals surface area contributed by atoms with Gasteiger partial charge in [0.2, 0.25) is 11.8 Å². The molecule has 170 valence electrons. The number of aromatic nitrogens is 2. The molecule has 6 nitrogen and oxygen atoms in total. The van der Waals surface area contributed by atoms with E-state index in [9.17, 15) is 4.79 Å². The summed E-state index contributed by atoms with van der Waals surface area (Å²) < 4.78 is 19.3. The molecule has 0 radical (unpaired) electrons. The monoisotopic (exact) mass is 464 g/mol. The molecule has 0 saturated heterocycles. The average Bonchev–Trinajstić information content (AvgIpc) is 3.14. The highest BCUT2D eigenvalue weighted by atomic mass is 35.5. The fourth-order valence-corrected chi connectivity index (χ4v) is 3.92. The van der Waals surface area contributed by atoms with E-state index in [0.29, 0.717) is 22.7 Å². The van der Waals surface area contributed by atoms with Gasteiger partial charge in [0, 0.05) is 29.2 Å². The molecule has 0 unspecified atom stereocenters. The van der Waals surface area contributed by atoms with Crippen LogP contribution in [0.4, 0.5) is 0 Å². The Hall–Kier alpha value is -3.51. The summed E-state index contributed by atoms with van der Waals surface area (Å²) in [4.78, 5) is 17.4. The van der Waals surface area contributed by atoms with E-state index in [-0.39, 0.29) is 18.6 Å². The molecule has 2 heterocycles. The van der Waals surface area contributed by atoms with Crippen molar-refractivity contribution in [3.05, 3.63) is 78.0 Å². The molecule has 4 rings (SSSR count). The molecule has 2 aromatic heterocycles. The van der Waals surface area contributed by atoms with E-state index < -0.39 is 5.97 Å². The number of pyridine rings is 1. The summed E-state index contributed by atoms with van der Waals surface area (Å²) in [6.07, 6.45) is 1.70. The van der Waals surface area contributed by atoms with Crippen molar-refractivity contribution in [2.45, 2.75) is 32.8 Å². The van der Waals surface area contributed by atoms with Crippen molar-refractivity contribution in [1.82, 2.24) is 9.55 Å². The maximum atomic E-state index is 13.2. The predicted molar refractivity (Wildman–Crippen MR) is 129 cm³/mol. The lowest BCUT2D eigenvalue weighted by atomic mass is 10.1. The molecule has 0 aliphatic carbocycles. The third-order valence-electron chi connectivity index (χ3n) is 4.97. The highest BCUT2D eigenvalue weighted by molar-refractivity contribution is 6.19. The van der Waals surface area contributed by atoms with E-state index in [0.717, 1.165) is 22.5 Å². The minimum atomic E-state index is -0.482. The first kappa shape index (κ1) is 22.7. The molecular formula is C26H25ClN2O4. The summed E-state index contributed by atoms with van der Waals surface area (Å²) in [5.74, 6) is 1.18. The number of halogens is 1. The number of fused-ring (bicyclic) bond motifs is 1. The molecule has 4 aromatic rings. The number of esters is 1. The second kappa shape index (κ2) is 9.96. The van der Waals surface area contributed by atoms with Gasteiger partial charge in [-0.25, -0.2) is 9.78 Å². The quantitative estimate of drug-likeness (QED) is 0.219. The molecule has 0 N–H and O–H groups in total. The van der Waals surface area contributed by atoms with Crippen molar-refractivity contribution in [2.75, 3.05) is 6.61 Å². The summed E-state index contributed by atoms with van der Waals surface area (Å²) in [5.41, 5.74) is 2.70. The number of ether oxygens (including phenoxy) is 3. The Morgan fingerprint density at radius 3 is 2.48 bits per heavy atom. The van der Waals surface area contributed by atoms with Gasteiger partial charge in [-0.1, -0.05) is 18.2 Å². The van der Waals surface area contributed by atoms with Gasteiger partial charge >= 0.3 is 5.97 Å². The number of carbonyl (C=O) groups excluding carboxylic acids is 1. The Kier molecular flexibility index (Phi) is 6.84. The van der Waals surface area contributed by atoms with E-state index in [1.54, 1.807) is 25.3 Å². The molecule has 2 aromatic carbocycles. The molecule has 0 amide bonds. The minimum Gasteiger partial charge on any atom is -0.491 e. The fourth-order valence-electron chi connectivity index (χ4n) is 3.70. The highest BCUT2D eigenvalue weighted by Gasteiger charge is 2.28. The van der Waals surface area contributed by atoms with Crippen molar-refractivity contribution in [2.24, 2.45) is 0 Å². The SMILES string of the molecule is CCOC(=O)c1c(Oc2ccccn2)n(-c2ccc(OC(C)C)cc2)c2cccc(CCl)c12. The largest absolute Gasteiger partial charge is 0.491 e. The molecule has 0 aliphatic heterocycles. The number of hydrogen-bond donors (Lipinski definition) is 0. The number of alkyl halides is 1. The molecule has 0 atom stereocenters. The average molecular weight is 465 g/mol. The van der Waals surface area contributed by atoms with Gasteiger partial charge in [0.05, 0.1) is 18.2 Å². The van der Waals surface area contributed by atoms with E-state index in [1.165, 1.54) is 0 Å². The van der Waals surface area contributed by atoms with Crippen LogP contribution in [0, 0.1) is 0 Å². The van der Waals surface area contributed by atoms with Gasteiger partial charge in [-0.3, -0.25) is 4.57 Å². The van der Waals surface area contributed by atoms with Crippen molar-refractivity contribution in [3.63, 3.8) is 0 Å². The van der Waals surface area contributed by atoms with Gasteiger partial charge in [0.25, 0.3) is 0 Å². The Balaban J connectivity index is 1.99. The van der Waals surface area contributed by atoms with Crippen LogP contribution in [-0.2, 0) is 10.6 Å². The lowest BCUT2D eigenvalue weighted by Gasteiger charge is -2.14. The van der Waals surface area contributed by atoms with E-state index in [1.807, 2.05) is 66.9 Å². The van der Waals surface area contributed by atoms with Crippen LogP contribution in [0.1, 0.15) is 36.7 Å². The normalized spacial score (nSPS) is 11.1. The third kappa shape index (κ3) is 4.66. The predicted octanol–water partition coefficient (Wildman–Crippen LogP) is 6.52. The van der Waals surface area contributed by atoms with E-state index in [4.69, 9.17) is 25.8 Å². The number of nitrogens with zero attached hydrogens (tertiary/aromatic N) is 2. The Labute approximate surface area is 197 Å². The van der Waals surface area contributed by atoms with Crippen LogP contribution in [0.25, 0.3) is 16.6 Å². The second-order valence-electron chi connectivity index (χ2n) is 7.61. The first-order valence-corrected chi connectivity index (χ1v) is 11.3. The van der Waals surface area contributed by atoms with Crippen molar-refractivity contribution in [3.8, 4) is 23.2 Å². The first-order chi connectivity index (χ1) is 16.0. The summed E-state index contributed by atoms with van der Waals surface area (Å²) in [6.45, 7) is 5.96. The van der Waals surface area contributed by atoms with Crippen molar-refractivity contribution >= 4 is 28.5 Å². The minimum absolute atomic E-state index is 0.0630. The van der Waals surface area contributed by atoms with E-state index >= 15 is 0 Å². The smallest absolute Gasteiger partial charge is 0.344 e. The zero-order chi connectivity index (χ0) is 23.4. The van der Waals surface area contributed by atoms with Gasteiger partial charge in [-0.15, -0.1) is 11.6 Å². The first-order valence-electron chi connectivity index (χ1n) is 10.8. The summed E-state index contributed by atoms with van der Waals surface area (Å²) in [6, 6.07) is 18.7. The molecule has 0 bridgehead atoms. The molecule has 0 spiro atoms. The number of benzene rings is 2. The third-order valence-corrected chi connectivity index (χ3v) is 5.25. The zero-order valence-electron chi connectivity index (χ0n) is 18.7. The highest BCUT2D eigenvalue weighted by Crippen LogP contribution is 2.40. The van der Waals surface area contributed by atoms with Crippen LogP contribution in [0.15, 0.2) is 66.9 Å². The van der Waals surface area contributed by atoms with Crippen LogP contribution < -0.4 is 9.47 Å². The lowest BCUT2D eigenvalue weighted by Crippen LogP contribution is -2.08. The van der Waals surface area contributed by atoms with Crippen LogP contribution >= 0.6 is 11.6 Å². The van der Waals surface area contributed by atoms with Crippen molar-refractivity contribution in [1.29, 1.82) is 0 Å². The molecule has 7 heteroatoms. The Morgan fingerprint density at radius 2 is 1.85 bits per heavy atom. The topological polar surface area (TPSA) is 62.6 Å². The molecule has 0 fully saturated rings. The van der Waals surface area contributed by atoms with Crippen LogP contribution in [0.5, 0.6) is 17.5 Å². The summed E-state index contributed by atoms with van der Waals surface area (Å²) in [5, 5.41) is 0.694. The number of carbonyl (C=O) groups is 1. The maximum Gasteiger partial charge on any atom is 0.344 e. The van der Waals surface area contributed by atoms with Gasteiger partial charge in [0.1, 0.15) is 11.3 Å². The van der Waals surface area contributed by atoms with Crippen molar-refractivity contribution < 1.29 is 19.0 Å². The van der Waals surface area contributed by atoms with Crippen LogP contribution in [0.3, 0.4) is 0 Å². The molecule has 0 saturated carbocycles. The number of hydrogen-bond acceptors (Lipinski definition) is 5. The van der Waals surface area contributed by atoms with Crippen LogP contribution in [0.2, 0.25) is 0 Å². The van der Waals surface area contributed by atoms with E-state index in [2.05, 4.69) is 4.98 Å². The summed E-state index contributed by atoms with van der Waals surface area (Å²) in [7, 11) is 0. The van der Waals surface area contributed by atoms with Crippen LogP contribution in [-0.4, -0.2) is 28.2 Å². The standard InChI is InChI=1S/C26H25ClN2O4/c1-4-31-26(30)24-23-18(16-27)8-7-9-21(23)29(25(24)33-22-10-5-6-15-28-22)19-11-13-20(14-12-19)32-17(2)3/h5-15,17H,4,16H2,1-3H3. The Bertz CT molecular complexity index is 1250. The lowest BCUT2D eigenvalue weighted by molar-refractivity contribution is 0.0525. The maximum absolute atomic E-state index is 13.2. The van der Waals surface area contributed by atoms with Gasteiger partial charge in [-0.2, -0.15) is 0 Å².